The molecule has 0 saturated heterocycles. The first-order chi connectivity index (χ1) is 16.9. The summed E-state index contributed by atoms with van der Waals surface area (Å²) >= 11 is 6.42. The van der Waals surface area contributed by atoms with Crippen molar-refractivity contribution >= 4 is 28.5 Å². The van der Waals surface area contributed by atoms with Gasteiger partial charge < -0.3 is 10.1 Å². The van der Waals surface area contributed by atoms with Gasteiger partial charge in [-0.15, -0.1) is 0 Å². The van der Waals surface area contributed by atoms with Gasteiger partial charge in [-0.3, -0.25) is 9.36 Å². The molecule has 178 valence electrons. The first-order valence-corrected chi connectivity index (χ1v) is 11.9. The van der Waals surface area contributed by atoms with Crippen LogP contribution in [0.1, 0.15) is 36.6 Å². The molecule has 0 aliphatic heterocycles. The second kappa shape index (κ2) is 9.55. The number of fused-ring (bicyclic) bond motifs is 1. The summed E-state index contributed by atoms with van der Waals surface area (Å²) < 4.78 is 21.3. The Hall–Kier alpha value is -3.64. The zero-order valence-electron chi connectivity index (χ0n) is 19.1. The third-order valence-electron chi connectivity index (χ3n) is 6.65. The van der Waals surface area contributed by atoms with Gasteiger partial charge in [-0.2, -0.15) is 0 Å². The van der Waals surface area contributed by atoms with Crippen LogP contribution in [0.3, 0.4) is 0 Å². The summed E-state index contributed by atoms with van der Waals surface area (Å²) in [6, 6.07) is 20.1. The number of nitrogens with zero attached hydrogens (tertiary/aromatic N) is 1. The van der Waals surface area contributed by atoms with Crippen molar-refractivity contribution in [1.29, 1.82) is 0 Å². The minimum Gasteiger partial charge on any atom is -0.408 e. The first-order valence-electron chi connectivity index (χ1n) is 11.6. The predicted molar refractivity (Wildman–Crippen MR) is 135 cm³/mol. The number of hydrogen-bond donors (Lipinski definition) is 1. The Bertz CT molecular complexity index is 1460. The molecule has 1 heterocycles. The lowest BCUT2D eigenvalue weighted by Crippen LogP contribution is -2.38. The molecule has 1 N–H and O–H groups in total. The summed E-state index contributed by atoms with van der Waals surface area (Å²) in [5.41, 5.74) is 1.51. The molecule has 5 nitrogen and oxygen atoms in total. The van der Waals surface area contributed by atoms with Gasteiger partial charge in [-0.25, -0.2) is 9.18 Å². The number of hydrogen-bond acceptors (Lipinski definition) is 3. The molecule has 1 aliphatic rings. The number of aromatic nitrogens is 1. The number of ether oxygens (including phenoxy) is 1. The summed E-state index contributed by atoms with van der Waals surface area (Å²) in [5.74, 6) is 0.0957. The van der Waals surface area contributed by atoms with Crippen molar-refractivity contribution in [2.45, 2.75) is 32.2 Å². The lowest BCUT2D eigenvalue weighted by atomic mass is 9.77. The highest BCUT2D eigenvalue weighted by Gasteiger charge is 2.31. The smallest absolute Gasteiger partial charge is 0.408 e. The van der Waals surface area contributed by atoms with Crippen molar-refractivity contribution in [3.8, 4) is 11.4 Å². The predicted octanol–water partition coefficient (Wildman–Crippen LogP) is 6.72. The number of para-hydroxylation sites is 1. The zero-order valence-corrected chi connectivity index (χ0v) is 19.9. The molecule has 35 heavy (non-hydrogen) atoms. The molecule has 3 aromatic carbocycles. The van der Waals surface area contributed by atoms with E-state index in [4.69, 9.17) is 16.3 Å². The molecule has 1 amide bonds. The molecular weight excluding hydrogens is 467 g/mol. The highest BCUT2D eigenvalue weighted by molar-refractivity contribution is 6.35. The second-order valence-electron chi connectivity index (χ2n) is 8.81. The highest BCUT2D eigenvalue weighted by Crippen LogP contribution is 2.38. The maximum Gasteiger partial charge on any atom is 0.413 e. The minimum absolute atomic E-state index is 0.204. The average Bonchev–Trinajstić information content (AvgIpc) is 2.81. The number of nitrogens with one attached hydrogen (secondary N) is 1. The van der Waals surface area contributed by atoms with Crippen LogP contribution < -0.4 is 15.6 Å². The average molecular weight is 491 g/mol. The number of pyridine rings is 1. The van der Waals surface area contributed by atoms with Crippen LogP contribution in [-0.4, -0.2) is 10.7 Å². The number of carbonyl (C=O) groups is 1. The number of carbonyl (C=O) groups excluding carboxylic acids is 1. The molecule has 1 aromatic heterocycles. The highest BCUT2D eigenvalue weighted by atomic mass is 35.5. The standard InChI is InChI=1S/C28H24ClFN2O3/c1-17-26(35-28(34)31-25(18-8-5-9-18)19-10-6-11-20(30)16-19)22-14-7-15-23(29)24(22)27(33)32(17)21-12-3-2-4-13-21/h2-4,6-7,10-16,18,25H,5,8-9H2,1H3,(H,31,34)/t25-/m0/s1. The number of rotatable bonds is 5. The van der Waals surface area contributed by atoms with E-state index < -0.39 is 6.09 Å². The van der Waals surface area contributed by atoms with Gasteiger partial charge in [0.15, 0.2) is 5.75 Å². The summed E-state index contributed by atoms with van der Waals surface area (Å²) in [4.78, 5) is 26.6. The molecular formula is C28H24ClFN2O3. The molecule has 4 aromatic rings. The first kappa shape index (κ1) is 23.1. The van der Waals surface area contributed by atoms with Crippen molar-refractivity contribution in [3.05, 3.63) is 105 Å². The Morgan fingerprint density at radius 3 is 2.51 bits per heavy atom. The van der Waals surface area contributed by atoms with E-state index >= 15 is 0 Å². The molecule has 1 fully saturated rings. The Morgan fingerprint density at radius 1 is 1.09 bits per heavy atom. The molecule has 1 saturated carbocycles. The third kappa shape index (κ3) is 4.42. The molecule has 7 heteroatoms. The van der Waals surface area contributed by atoms with Crippen molar-refractivity contribution in [3.63, 3.8) is 0 Å². The van der Waals surface area contributed by atoms with Crippen LogP contribution >= 0.6 is 11.6 Å². The SMILES string of the molecule is Cc1c(OC(=O)N[C@H](c2cccc(F)c2)C2CCC2)c2cccc(Cl)c2c(=O)n1-c1ccccc1. The molecule has 0 bridgehead atoms. The maximum atomic E-state index is 13.9. The molecule has 5 rings (SSSR count). The minimum atomic E-state index is -0.672. The number of benzene rings is 3. The molecule has 0 spiro atoms. The molecule has 1 aliphatic carbocycles. The molecule has 0 unspecified atom stereocenters. The largest absolute Gasteiger partial charge is 0.413 e. The van der Waals surface area contributed by atoms with Gasteiger partial charge in [0.05, 0.1) is 22.1 Å². The van der Waals surface area contributed by atoms with Crippen molar-refractivity contribution in [2.75, 3.05) is 0 Å². The normalized spacial score (nSPS) is 14.4. The Labute approximate surface area is 207 Å². The summed E-state index contributed by atoms with van der Waals surface area (Å²) in [6.45, 7) is 1.73. The van der Waals surface area contributed by atoms with Crippen LogP contribution in [0.25, 0.3) is 16.5 Å². The van der Waals surface area contributed by atoms with Crippen molar-refractivity contribution in [2.24, 2.45) is 5.92 Å². The zero-order chi connectivity index (χ0) is 24.5. The van der Waals surface area contributed by atoms with Gasteiger partial charge in [0.2, 0.25) is 0 Å². The summed E-state index contributed by atoms with van der Waals surface area (Å²) in [6.07, 6.45) is 2.28. The summed E-state index contributed by atoms with van der Waals surface area (Å²) in [7, 11) is 0. The van der Waals surface area contributed by atoms with E-state index in [0.29, 0.717) is 22.3 Å². The molecule has 0 radical (unpaired) electrons. The van der Waals surface area contributed by atoms with E-state index in [9.17, 15) is 14.0 Å². The number of halogens is 2. The van der Waals surface area contributed by atoms with E-state index in [1.807, 2.05) is 24.3 Å². The quantitative estimate of drug-likeness (QED) is 0.337. The van der Waals surface area contributed by atoms with E-state index in [1.54, 1.807) is 43.3 Å². The van der Waals surface area contributed by atoms with E-state index in [-0.39, 0.29) is 39.5 Å². The van der Waals surface area contributed by atoms with Crippen LogP contribution in [0.5, 0.6) is 5.75 Å². The third-order valence-corrected chi connectivity index (χ3v) is 6.97. The van der Waals surface area contributed by atoms with Gasteiger partial charge in [0.25, 0.3) is 5.56 Å². The topological polar surface area (TPSA) is 60.3 Å². The van der Waals surface area contributed by atoms with E-state index in [1.165, 1.54) is 16.7 Å². The lowest BCUT2D eigenvalue weighted by Gasteiger charge is -2.34. The lowest BCUT2D eigenvalue weighted by molar-refractivity contribution is 0.176. The van der Waals surface area contributed by atoms with E-state index in [0.717, 1.165) is 19.3 Å². The molecule has 1 atom stereocenters. The fourth-order valence-electron chi connectivity index (χ4n) is 4.70. The van der Waals surface area contributed by atoms with Crippen molar-refractivity contribution < 1.29 is 13.9 Å². The van der Waals surface area contributed by atoms with Crippen LogP contribution in [0, 0.1) is 18.7 Å². The van der Waals surface area contributed by atoms with Gasteiger partial charge in [-0.05, 0) is 61.6 Å². The van der Waals surface area contributed by atoms with Crippen LogP contribution in [-0.2, 0) is 0 Å². The maximum absolute atomic E-state index is 13.9. The monoisotopic (exact) mass is 490 g/mol. The fraction of sp³-hybridized carbons (Fsp3) is 0.214. The van der Waals surface area contributed by atoms with Crippen LogP contribution in [0.2, 0.25) is 5.02 Å². The van der Waals surface area contributed by atoms with E-state index in [2.05, 4.69) is 5.32 Å². The Morgan fingerprint density at radius 2 is 1.83 bits per heavy atom. The van der Waals surface area contributed by atoms with Crippen LogP contribution in [0.4, 0.5) is 9.18 Å². The summed E-state index contributed by atoms with van der Waals surface area (Å²) in [5, 5.41) is 3.94. The number of amides is 1. The Kier molecular flexibility index (Phi) is 6.31. The van der Waals surface area contributed by atoms with Gasteiger partial charge >= 0.3 is 6.09 Å². The van der Waals surface area contributed by atoms with Gasteiger partial charge in [0.1, 0.15) is 5.82 Å². The van der Waals surface area contributed by atoms with Gasteiger partial charge in [0, 0.05) is 11.1 Å². The van der Waals surface area contributed by atoms with Crippen LogP contribution in [0.15, 0.2) is 77.6 Å². The fourth-order valence-corrected chi connectivity index (χ4v) is 4.96. The Balaban J connectivity index is 1.56. The second-order valence-corrected chi connectivity index (χ2v) is 9.22. The van der Waals surface area contributed by atoms with Crippen molar-refractivity contribution in [1.82, 2.24) is 9.88 Å². The van der Waals surface area contributed by atoms with Gasteiger partial charge in [-0.1, -0.05) is 60.5 Å².